The van der Waals surface area contributed by atoms with E-state index in [9.17, 15) is 24.0 Å². The standard InChI is InChI=1S/C49H62BF2N5O7S/c1-6-7-14-37-33-44(45-17-13-30-65-45)55-43(37)34-42-35(2)31-39(54(42)50(55,51)52)22-19-36-20-23-41(24-21-36)63-29-12-16-40(58)32-38(15-9-11-28-57(3,4)5)49(62)53-27-10-8-18-48(61)64-56-46(59)25-26-47(56)60/h13,17,19-24,30-31,33-34,38H,6-12,14-16,18,25-29,32H2,1-5H3/p+1/b22-19+. The first-order valence-corrected chi connectivity index (χ1v) is 23.9. The fourth-order valence-corrected chi connectivity index (χ4v) is 9.16. The highest BCUT2D eigenvalue weighted by Crippen LogP contribution is 2.40. The molecule has 1 atom stereocenters. The molecule has 2 aromatic heterocycles. The number of imide groups is 1. The molecule has 3 amide bonds. The zero-order valence-electron chi connectivity index (χ0n) is 38.4. The average molecular weight is 915 g/mol. The molecule has 348 valence electrons. The van der Waals surface area contributed by atoms with E-state index in [1.807, 2.05) is 73.0 Å². The summed E-state index contributed by atoms with van der Waals surface area (Å²) in [5.74, 6) is -1.80. The minimum absolute atomic E-state index is 0.00395. The highest BCUT2D eigenvalue weighted by molar-refractivity contribution is 7.12. The minimum atomic E-state index is -4.19. The van der Waals surface area contributed by atoms with Crippen molar-refractivity contribution in [3.8, 4) is 5.75 Å². The van der Waals surface area contributed by atoms with E-state index < -0.39 is 30.7 Å². The van der Waals surface area contributed by atoms with Crippen LogP contribution < -0.4 is 10.1 Å². The van der Waals surface area contributed by atoms with Crippen LogP contribution >= 0.6 is 11.3 Å². The van der Waals surface area contributed by atoms with Gasteiger partial charge in [-0.25, -0.2) is 4.79 Å². The molecule has 12 nitrogen and oxygen atoms in total. The zero-order valence-corrected chi connectivity index (χ0v) is 39.2. The molecule has 1 N–H and O–H groups in total. The summed E-state index contributed by atoms with van der Waals surface area (Å²) in [5, 5.41) is 5.37. The molecule has 65 heavy (non-hydrogen) atoms. The van der Waals surface area contributed by atoms with E-state index in [1.165, 1.54) is 20.3 Å². The van der Waals surface area contributed by atoms with Crippen LogP contribution in [0, 0.1) is 12.8 Å². The highest BCUT2D eigenvalue weighted by atomic mass is 32.1. The monoisotopic (exact) mass is 914 g/mol. The van der Waals surface area contributed by atoms with Gasteiger partial charge in [0, 0.05) is 73.7 Å². The Labute approximate surface area is 385 Å². The summed E-state index contributed by atoms with van der Waals surface area (Å²) in [7, 11) is 6.34. The number of nitrogens with zero attached hydrogens (tertiary/aromatic N) is 4. The Hall–Kier alpha value is -5.48. The summed E-state index contributed by atoms with van der Waals surface area (Å²) in [4.78, 5) is 67.6. The number of carbonyl (C=O) groups excluding carboxylic acids is 5. The molecule has 1 saturated heterocycles. The molecular weight excluding hydrogens is 851 g/mol. The van der Waals surface area contributed by atoms with Crippen LogP contribution in [0.25, 0.3) is 18.2 Å². The molecule has 0 saturated carbocycles. The van der Waals surface area contributed by atoms with Crippen LogP contribution in [0.5, 0.6) is 5.75 Å². The van der Waals surface area contributed by atoms with Crippen molar-refractivity contribution in [1.29, 1.82) is 0 Å². The SMILES string of the molecule is CCCCC1=CC(c2cccs2)=[N+]2C1=Cc1c(C)cc(/C=C/c3ccc(OCCCC(=O)CC(CCCC[N+](C)(C)C)C(=O)NCCCCC(=O)ON4C(=O)CCC4=O)cc3)n1[B-]2(F)F. The Kier molecular flexibility index (Phi) is 16.7. The fourth-order valence-electron chi connectivity index (χ4n) is 8.42. The number of allylic oxidation sites excluding steroid dienone is 2. The number of fused-ring (bicyclic) bond motifs is 2. The summed E-state index contributed by atoms with van der Waals surface area (Å²) >= 11 is 1.46. The van der Waals surface area contributed by atoms with Crippen molar-refractivity contribution in [2.24, 2.45) is 5.92 Å². The van der Waals surface area contributed by atoms with E-state index in [0.29, 0.717) is 72.4 Å². The van der Waals surface area contributed by atoms with Crippen molar-refractivity contribution in [2.45, 2.75) is 104 Å². The first kappa shape index (κ1) is 49.0. The number of aromatic nitrogens is 1. The van der Waals surface area contributed by atoms with Gasteiger partial charge in [-0.3, -0.25) is 19.2 Å². The van der Waals surface area contributed by atoms with E-state index in [0.717, 1.165) is 64.7 Å². The van der Waals surface area contributed by atoms with Crippen molar-refractivity contribution in [3.63, 3.8) is 0 Å². The van der Waals surface area contributed by atoms with Gasteiger partial charge >= 0.3 is 12.9 Å². The number of ketones is 1. The van der Waals surface area contributed by atoms with Gasteiger partial charge in [0.25, 0.3) is 11.8 Å². The lowest BCUT2D eigenvalue weighted by Crippen LogP contribution is -2.51. The number of aryl methyl sites for hydroxylation is 1. The highest BCUT2D eigenvalue weighted by Gasteiger charge is 2.54. The molecule has 3 aliphatic rings. The van der Waals surface area contributed by atoms with E-state index in [4.69, 9.17) is 9.57 Å². The number of hydroxylamine groups is 2. The van der Waals surface area contributed by atoms with Crippen LogP contribution in [0.3, 0.4) is 0 Å². The number of halogens is 2. The molecule has 0 spiro atoms. The lowest BCUT2D eigenvalue weighted by atomic mass is 9.88. The summed E-state index contributed by atoms with van der Waals surface area (Å²) in [5.41, 5.74) is 4.64. The molecule has 16 heteroatoms. The second-order valence-corrected chi connectivity index (χ2v) is 19.2. The number of unbranched alkanes of at least 4 members (excludes halogenated alkanes) is 3. The molecule has 6 rings (SSSR count). The maximum absolute atomic E-state index is 16.8. The summed E-state index contributed by atoms with van der Waals surface area (Å²) in [6.45, 7) is 1.37. The number of hydrogen-bond acceptors (Lipinski definition) is 8. The van der Waals surface area contributed by atoms with E-state index >= 15 is 8.63 Å². The third kappa shape index (κ3) is 12.9. The van der Waals surface area contributed by atoms with Crippen LogP contribution in [0.15, 0.2) is 65.2 Å². The summed E-state index contributed by atoms with van der Waals surface area (Å²) in [6, 6.07) is 13.0. The summed E-state index contributed by atoms with van der Waals surface area (Å²) in [6.07, 6.45) is 14.2. The third-order valence-electron chi connectivity index (χ3n) is 11.9. The molecule has 3 aromatic rings. The molecule has 0 aliphatic carbocycles. The van der Waals surface area contributed by atoms with Gasteiger partial charge in [0.2, 0.25) is 5.91 Å². The molecule has 5 heterocycles. The topological polar surface area (TPSA) is 127 Å². The van der Waals surface area contributed by atoms with Gasteiger partial charge in [-0.15, -0.1) is 16.4 Å². The van der Waals surface area contributed by atoms with Gasteiger partial charge in [-0.1, -0.05) is 37.6 Å². The van der Waals surface area contributed by atoms with E-state index in [-0.39, 0.29) is 43.8 Å². The zero-order chi connectivity index (χ0) is 46.7. The maximum atomic E-state index is 16.8. The number of amides is 3. The van der Waals surface area contributed by atoms with Gasteiger partial charge in [-0.05, 0) is 105 Å². The molecule has 3 aliphatic heterocycles. The van der Waals surface area contributed by atoms with Crippen LogP contribution in [-0.4, -0.2) is 102 Å². The summed E-state index contributed by atoms with van der Waals surface area (Å²) < 4.78 is 42.9. The van der Waals surface area contributed by atoms with Crippen molar-refractivity contribution in [3.05, 3.63) is 92.6 Å². The predicted molar refractivity (Wildman–Crippen MR) is 251 cm³/mol. The smallest absolute Gasteiger partial charge is 0.494 e. The van der Waals surface area contributed by atoms with Crippen LogP contribution in [0.2, 0.25) is 0 Å². The number of hydrogen-bond donors (Lipinski definition) is 1. The first-order valence-electron chi connectivity index (χ1n) is 23.0. The number of nitrogens with one attached hydrogen (secondary N) is 1. The van der Waals surface area contributed by atoms with E-state index in [2.05, 4.69) is 33.4 Å². The quantitative estimate of drug-likeness (QED) is 0.0390. The largest absolute Gasteiger partial charge is 0.737 e. The van der Waals surface area contributed by atoms with Gasteiger partial charge in [0.1, 0.15) is 11.5 Å². The van der Waals surface area contributed by atoms with E-state index in [1.54, 1.807) is 6.08 Å². The Morgan fingerprint density at radius 2 is 1.71 bits per heavy atom. The number of quaternary nitrogens is 1. The van der Waals surface area contributed by atoms with Gasteiger partial charge in [0.05, 0.1) is 39.2 Å². The number of thiophene rings is 1. The maximum Gasteiger partial charge on any atom is 0.737 e. The average Bonchev–Trinajstić information content (AvgIpc) is 4.06. The number of benzene rings is 1. The minimum Gasteiger partial charge on any atom is -0.494 e. The van der Waals surface area contributed by atoms with Gasteiger partial charge in [0.15, 0.2) is 11.4 Å². The van der Waals surface area contributed by atoms with Crippen molar-refractivity contribution in [2.75, 3.05) is 40.8 Å². The van der Waals surface area contributed by atoms with Crippen molar-refractivity contribution < 1.29 is 51.1 Å². The predicted octanol–water partition coefficient (Wildman–Crippen LogP) is 8.74. The molecule has 0 radical (unpaired) electrons. The van der Waals surface area contributed by atoms with Crippen LogP contribution in [-0.2, 0) is 28.8 Å². The molecule has 1 unspecified atom stereocenters. The third-order valence-corrected chi connectivity index (χ3v) is 12.8. The Morgan fingerprint density at radius 3 is 2.40 bits per heavy atom. The van der Waals surface area contributed by atoms with Crippen LogP contribution in [0.4, 0.5) is 8.63 Å². The Balaban J connectivity index is 0.981. The molecular formula is C49H63BF2N5O7S+. The second kappa shape index (κ2) is 22.1. The first-order chi connectivity index (χ1) is 31.0. The van der Waals surface area contributed by atoms with Crippen molar-refractivity contribution in [1.82, 2.24) is 14.9 Å². The van der Waals surface area contributed by atoms with Gasteiger partial charge in [-0.2, -0.15) is 0 Å². The number of ether oxygens (including phenoxy) is 1. The number of rotatable bonds is 25. The number of carbonyl (C=O) groups is 5. The van der Waals surface area contributed by atoms with Crippen molar-refractivity contribution >= 4 is 71.7 Å². The Bertz CT molecular complexity index is 2330. The Morgan fingerprint density at radius 1 is 0.954 bits per heavy atom. The normalized spacial score (nSPS) is 16.1. The lowest BCUT2D eigenvalue weighted by Gasteiger charge is -2.31. The lowest BCUT2D eigenvalue weighted by molar-refractivity contribution is -0.870. The molecule has 0 bridgehead atoms. The molecule has 1 aromatic carbocycles. The molecule has 1 fully saturated rings. The van der Waals surface area contributed by atoms with Gasteiger partial charge < -0.3 is 37.0 Å². The fraction of sp³-hybridized carbons (Fsp3) is 0.469. The second-order valence-electron chi connectivity index (χ2n) is 18.2. The van der Waals surface area contributed by atoms with Crippen LogP contribution in [0.1, 0.15) is 124 Å². The number of Topliss-reactive ketones (excluding diaryl/α,β-unsaturated/α-hetero) is 1.